The van der Waals surface area contributed by atoms with Gasteiger partial charge in [-0.3, -0.25) is 4.79 Å². The number of carbonyl (C=O) groups is 1. The Balaban J connectivity index is 2.20. The van der Waals surface area contributed by atoms with Crippen LogP contribution in [0.3, 0.4) is 0 Å². The average Bonchev–Trinajstić information content (AvgIpc) is 2.46. The van der Waals surface area contributed by atoms with Gasteiger partial charge in [-0.1, -0.05) is 30.3 Å². The minimum Gasteiger partial charge on any atom is -0.354 e. The summed E-state index contributed by atoms with van der Waals surface area (Å²) in [6.07, 6.45) is 2.06. The van der Waals surface area contributed by atoms with Crippen LogP contribution in [0.25, 0.3) is 0 Å². The predicted molar refractivity (Wildman–Crippen MR) is 83.4 cm³/mol. The summed E-state index contributed by atoms with van der Waals surface area (Å²) < 4.78 is 0. The normalized spacial score (nSPS) is 12.7. The number of nitrogens with two attached hydrogens (primary N) is 1. The number of unbranched alkanes of at least 4 members (excludes halogenated alkanes) is 1. The molecule has 0 aromatic heterocycles. The van der Waals surface area contributed by atoms with Gasteiger partial charge in [-0.25, -0.2) is 0 Å². The summed E-state index contributed by atoms with van der Waals surface area (Å²) in [7, 11) is 2.12. The molecule has 1 amide bonds. The molecule has 1 aromatic carbocycles. The predicted octanol–water partition coefficient (Wildman–Crippen LogP) is 1.92. The molecular weight excluding hydrogens is 250 g/mol. The standard InChI is InChI=1S/C16H27N3O/c1-13(2)19(3)12-8-7-11-18-16(20)15(17)14-9-5-4-6-10-14/h4-6,9-10,13,15H,7-8,11-12,17H2,1-3H3,(H,18,20)/t15-/m0/s1. The molecule has 0 spiro atoms. The summed E-state index contributed by atoms with van der Waals surface area (Å²) in [4.78, 5) is 14.2. The van der Waals surface area contributed by atoms with Crippen molar-refractivity contribution in [3.63, 3.8) is 0 Å². The lowest BCUT2D eigenvalue weighted by Gasteiger charge is -2.20. The van der Waals surface area contributed by atoms with Gasteiger partial charge in [0.15, 0.2) is 0 Å². The number of hydrogen-bond acceptors (Lipinski definition) is 3. The van der Waals surface area contributed by atoms with E-state index < -0.39 is 6.04 Å². The van der Waals surface area contributed by atoms with Crippen LogP contribution in [-0.2, 0) is 4.79 Å². The molecule has 0 aliphatic carbocycles. The monoisotopic (exact) mass is 277 g/mol. The van der Waals surface area contributed by atoms with Gasteiger partial charge in [0.05, 0.1) is 0 Å². The zero-order valence-electron chi connectivity index (χ0n) is 12.8. The number of benzene rings is 1. The van der Waals surface area contributed by atoms with Crippen LogP contribution in [0.5, 0.6) is 0 Å². The fraction of sp³-hybridized carbons (Fsp3) is 0.562. The lowest BCUT2D eigenvalue weighted by molar-refractivity contribution is -0.122. The average molecular weight is 277 g/mol. The maximum atomic E-state index is 11.9. The SMILES string of the molecule is CC(C)N(C)CCCCNC(=O)[C@@H](N)c1ccccc1. The van der Waals surface area contributed by atoms with Gasteiger partial charge in [-0.05, 0) is 45.8 Å². The van der Waals surface area contributed by atoms with E-state index in [0.717, 1.165) is 24.9 Å². The van der Waals surface area contributed by atoms with Crippen LogP contribution >= 0.6 is 0 Å². The van der Waals surface area contributed by atoms with Gasteiger partial charge in [0.1, 0.15) is 6.04 Å². The van der Waals surface area contributed by atoms with Crippen LogP contribution in [0, 0.1) is 0 Å². The van der Waals surface area contributed by atoms with Crippen LogP contribution in [0.2, 0.25) is 0 Å². The van der Waals surface area contributed by atoms with E-state index in [9.17, 15) is 4.79 Å². The molecule has 0 saturated heterocycles. The fourth-order valence-corrected chi connectivity index (χ4v) is 1.88. The first kappa shape index (κ1) is 16.7. The Morgan fingerprint density at radius 3 is 2.50 bits per heavy atom. The molecule has 4 nitrogen and oxygen atoms in total. The van der Waals surface area contributed by atoms with Gasteiger partial charge in [0.2, 0.25) is 5.91 Å². The molecule has 0 bridgehead atoms. The van der Waals surface area contributed by atoms with E-state index in [4.69, 9.17) is 5.73 Å². The zero-order chi connectivity index (χ0) is 15.0. The smallest absolute Gasteiger partial charge is 0.241 e. The van der Waals surface area contributed by atoms with Crippen molar-refractivity contribution >= 4 is 5.91 Å². The molecular formula is C16H27N3O. The highest BCUT2D eigenvalue weighted by atomic mass is 16.2. The van der Waals surface area contributed by atoms with Crippen molar-refractivity contribution in [3.05, 3.63) is 35.9 Å². The second-order valence-electron chi connectivity index (χ2n) is 5.46. The molecule has 0 unspecified atom stereocenters. The Labute approximate surface area is 122 Å². The molecule has 1 aromatic rings. The lowest BCUT2D eigenvalue weighted by atomic mass is 10.1. The summed E-state index contributed by atoms with van der Waals surface area (Å²) in [5.74, 6) is -0.103. The van der Waals surface area contributed by atoms with Crippen molar-refractivity contribution in [2.24, 2.45) is 5.73 Å². The quantitative estimate of drug-likeness (QED) is 0.714. The third kappa shape index (κ3) is 5.72. The van der Waals surface area contributed by atoms with Crippen molar-refractivity contribution in [1.82, 2.24) is 10.2 Å². The highest BCUT2D eigenvalue weighted by Crippen LogP contribution is 2.09. The maximum Gasteiger partial charge on any atom is 0.241 e. The molecule has 1 rings (SSSR count). The summed E-state index contributed by atoms with van der Waals surface area (Å²) in [5, 5.41) is 2.90. The second-order valence-corrected chi connectivity index (χ2v) is 5.46. The molecule has 0 radical (unpaired) electrons. The van der Waals surface area contributed by atoms with E-state index in [1.807, 2.05) is 30.3 Å². The van der Waals surface area contributed by atoms with E-state index in [0.29, 0.717) is 12.6 Å². The van der Waals surface area contributed by atoms with Crippen LogP contribution in [0.15, 0.2) is 30.3 Å². The van der Waals surface area contributed by atoms with Crippen LogP contribution in [0.1, 0.15) is 38.3 Å². The molecule has 0 aliphatic heterocycles. The summed E-state index contributed by atoms with van der Waals surface area (Å²) in [6, 6.07) is 9.45. The molecule has 0 fully saturated rings. The maximum absolute atomic E-state index is 11.9. The van der Waals surface area contributed by atoms with E-state index >= 15 is 0 Å². The van der Waals surface area contributed by atoms with E-state index in [-0.39, 0.29) is 5.91 Å². The Bertz CT molecular complexity index is 392. The third-order valence-electron chi connectivity index (χ3n) is 3.56. The molecule has 20 heavy (non-hydrogen) atoms. The lowest BCUT2D eigenvalue weighted by Crippen LogP contribution is -2.35. The van der Waals surface area contributed by atoms with Gasteiger partial charge in [0, 0.05) is 12.6 Å². The molecule has 0 aliphatic rings. The molecule has 0 saturated carbocycles. The van der Waals surface area contributed by atoms with Crippen LogP contribution in [0.4, 0.5) is 0 Å². The number of rotatable bonds is 8. The highest BCUT2D eigenvalue weighted by molar-refractivity contribution is 5.82. The Morgan fingerprint density at radius 1 is 1.25 bits per heavy atom. The van der Waals surface area contributed by atoms with Crippen molar-refractivity contribution in [3.8, 4) is 0 Å². The Kier molecular flexibility index (Phi) is 7.26. The molecule has 1 atom stereocenters. The topological polar surface area (TPSA) is 58.4 Å². The number of carbonyl (C=O) groups excluding carboxylic acids is 1. The Morgan fingerprint density at radius 2 is 1.90 bits per heavy atom. The number of hydrogen-bond donors (Lipinski definition) is 2. The first-order valence-electron chi connectivity index (χ1n) is 7.31. The van der Waals surface area contributed by atoms with Gasteiger partial charge in [-0.15, -0.1) is 0 Å². The van der Waals surface area contributed by atoms with Gasteiger partial charge >= 0.3 is 0 Å². The molecule has 0 heterocycles. The van der Waals surface area contributed by atoms with Crippen molar-refractivity contribution in [1.29, 1.82) is 0 Å². The minimum absolute atomic E-state index is 0.103. The summed E-state index contributed by atoms with van der Waals surface area (Å²) in [5.41, 5.74) is 6.77. The molecule has 112 valence electrons. The van der Waals surface area contributed by atoms with Crippen molar-refractivity contribution in [2.75, 3.05) is 20.1 Å². The fourth-order valence-electron chi connectivity index (χ4n) is 1.88. The minimum atomic E-state index is -0.575. The summed E-state index contributed by atoms with van der Waals surface area (Å²) in [6.45, 7) is 6.10. The first-order valence-corrected chi connectivity index (χ1v) is 7.31. The zero-order valence-corrected chi connectivity index (χ0v) is 12.8. The van der Waals surface area contributed by atoms with E-state index in [2.05, 4.69) is 31.1 Å². The van der Waals surface area contributed by atoms with Gasteiger partial charge < -0.3 is 16.0 Å². The Hall–Kier alpha value is -1.39. The van der Waals surface area contributed by atoms with Crippen LogP contribution < -0.4 is 11.1 Å². The van der Waals surface area contributed by atoms with E-state index in [1.54, 1.807) is 0 Å². The van der Waals surface area contributed by atoms with Gasteiger partial charge in [0.25, 0.3) is 0 Å². The molecule has 3 N–H and O–H groups in total. The van der Waals surface area contributed by atoms with Gasteiger partial charge in [-0.2, -0.15) is 0 Å². The highest BCUT2D eigenvalue weighted by Gasteiger charge is 2.14. The van der Waals surface area contributed by atoms with E-state index in [1.165, 1.54) is 0 Å². The largest absolute Gasteiger partial charge is 0.354 e. The van der Waals surface area contributed by atoms with Crippen molar-refractivity contribution in [2.45, 2.75) is 38.8 Å². The summed E-state index contributed by atoms with van der Waals surface area (Å²) >= 11 is 0. The third-order valence-corrected chi connectivity index (χ3v) is 3.56. The molecule has 4 heteroatoms. The van der Waals surface area contributed by atoms with Crippen molar-refractivity contribution < 1.29 is 4.79 Å². The second kappa shape index (κ2) is 8.72. The number of nitrogens with one attached hydrogen (secondary N) is 1. The van der Waals surface area contributed by atoms with Crippen LogP contribution in [-0.4, -0.2) is 37.0 Å². The number of nitrogens with zero attached hydrogens (tertiary/aromatic N) is 1. The first-order chi connectivity index (χ1) is 9.52. The number of amides is 1.